The highest BCUT2D eigenvalue weighted by molar-refractivity contribution is 6.24. The van der Waals surface area contributed by atoms with Crippen LogP contribution in [0.1, 0.15) is 37.3 Å². The number of amides is 1. The molecule has 9 nitrogen and oxygen atoms in total. The van der Waals surface area contributed by atoms with Gasteiger partial charge in [0.2, 0.25) is 5.78 Å². The third-order valence-electron chi connectivity index (χ3n) is 8.58. The first-order valence-electron chi connectivity index (χ1n) is 12.5. The van der Waals surface area contributed by atoms with Crippen LogP contribution in [0.4, 0.5) is 5.69 Å². The van der Waals surface area contributed by atoms with Crippen molar-refractivity contribution in [3.63, 3.8) is 0 Å². The largest absolute Gasteiger partial charge is 0.508 e. The average Bonchev–Trinajstić information content (AvgIpc) is 2.81. The number of benzene rings is 1. The van der Waals surface area contributed by atoms with Crippen LogP contribution in [0.25, 0.3) is 5.76 Å². The number of rotatable bonds is 3. The summed E-state index contributed by atoms with van der Waals surface area (Å²) in [5.74, 6) is -4.88. The van der Waals surface area contributed by atoms with E-state index in [9.17, 15) is 29.7 Å². The predicted octanol–water partition coefficient (Wildman–Crippen LogP) is 1.49. The zero-order valence-electron chi connectivity index (χ0n) is 20.8. The number of anilines is 1. The minimum absolute atomic E-state index is 0.0290. The van der Waals surface area contributed by atoms with E-state index in [-0.39, 0.29) is 17.8 Å². The fourth-order valence-electron chi connectivity index (χ4n) is 6.69. The molecule has 0 aromatic heterocycles. The molecule has 4 aliphatic rings. The number of Topliss-reactive ketones (excluding diaryl/α,β-unsaturated/α-hetero) is 2. The van der Waals surface area contributed by atoms with Crippen LogP contribution in [-0.4, -0.2) is 76.5 Å². The second-order valence-electron chi connectivity index (χ2n) is 10.9. The Morgan fingerprint density at radius 1 is 1.17 bits per heavy atom. The number of likely N-dealkylation sites (N-methyl/N-ethyl adjacent to an activating group) is 1. The summed E-state index contributed by atoms with van der Waals surface area (Å²) in [6.07, 6.45) is 2.67. The Balaban J connectivity index is 1.67. The highest BCUT2D eigenvalue weighted by atomic mass is 16.3. The molecule has 192 valence electrons. The summed E-state index contributed by atoms with van der Waals surface area (Å²) < 4.78 is 0. The molecule has 1 aliphatic heterocycles. The Bertz CT molecular complexity index is 1230. The molecule has 0 bridgehead atoms. The minimum atomic E-state index is -2.54. The Hall–Kier alpha value is -3.17. The first-order chi connectivity index (χ1) is 17.0. The molecule has 5 N–H and O–H groups in total. The first kappa shape index (κ1) is 24.5. The molecule has 9 heteroatoms. The number of primary amides is 1. The molecule has 1 saturated heterocycles. The van der Waals surface area contributed by atoms with E-state index in [1.54, 1.807) is 14.1 Å². The van der Waals surface area contributed by atoms with Crippen molar-refractivity contribution in [1.29, 1.82) is 0 Å². The number of hydrogen-bond acceptors (Lipinski definition) is 8. The summed E-state index contributed by atoms with van der Waals surface area (Å²) in [5.41, 5.74) is 4.42. The number of nitrogens with two attached hydrogens (primary N) is 1. The van der Waals surface area contributed by atoms with Gasteiger partial charge in [-0.1, -0.05) is 19.1 Å². The quantitative estimate of drug-likeness (QED) is 0.462. The van der Waals surface area contributed by atoms with Crippen molar-refractivity contribution in [1.82, 2.24) is 4.90 Å². The van der Waals surface area contributed by atoms with Gasteiger partial charge in [-0.2, -0.15) is 0 Å². The topological polar surface area (TPSA) is 144 Å². The zero-order valence-corrected chi connectivity index (χ0v) is 20.8. The lowest BCUT2D eigenvalue weighted by molar-refractivity contribution is -0.153. The summed E-state index contributed by atoms with van der Waals surface area (Å²) in [4.78, 5) is 42.9. The smallest absolute Gasteiger partial charge is 0.255 e. The molecule has 2 fully saturated rings. The standard InChI is InChI=1S/C27H33N3O6/c1-13-7-9-30(10-8-13)17-6-4-5-14-11-15-12-16-21(29(2)3)23(32)20(26(28)35)25(34)27(16,36)24(33)19(15)22(31)18(14)17/h4-6,13,15-16,21,31,34,36H,7-12H2,1-3H3,(H2,28,35)/t15?,16?,21-,27-/m0/s1. The molecule has 2 unspecified atom stereocenters. The Labute approximate surface area is 209 Å². The number of carbonyl (C=O) groups is 3. The zero-order chi connectivity index (χ0) is 26.1. The van der Waals surface area contributed by atoms with Crippen molar-refractivity contribution >= 4 is 28.9 Å². The molecule has 0 spiro atoms. The van der Waals surface area contributed by atoms with E-state index in [0.29, 0.717) is 17.9 Å². The summed E-state index contributed by atoms with van der Waals surface area (Å²) in [5, 5.41) is 34.2. The van der Waals surface area contributed by atoms with Gasteiger partial charge in [-0.3, -0.25) is 19.3 Å². The number of fused-ring (bicyclic) bond motifs is 3. The first-order valence-corrected chi connectivity index (χ1v) is 12.5. The van der Waals surface area contributed by atoms with E-state index in [1.165, 1.54) is 4.90 Å². The van der Waals surface area contributed by atoms with Gasteiger partial charge in [-0.25, -0.2) is 0 Å². The monoisotopic (exact) mass is 495 g/mol. The molecule has 1 heterocycles. The van der Waals surface area contributed by atoms with E-state index >= 15 is 0 Å². The predicted molar refractivity (Wildman–Crippen MR) is 133 cm³/mol. The van der Waals surface area contributed by atoms with Crippen molar-refractivity contribution in [2.75, 3.05) is 32.1 Å². The van der Waals surface area contributed by atoms with Crippen LogP contribution in [0, 0.1) is 17.8 Å². The molecular weight excluding hydrogens is 462 g/mol. The van der Waals surface area contributed by atoms with E-state index < -0.39 is 52.3 Å². The molecular formula is C27H33N3O6. The molecule has 1 amide bonds. The van der Waals surface area contributed by atoms with E-state index in [2.05, 4.69) is 11.8 Å². The molecule has 4 atom stereocenters. The second-order valence-corrected chi connectivity index (χ2v) is 10.9. The van der Waals surface area contributed by atoms with Crippen molar-refractivity contribution in [2.24, 2.45) is 23.5 Å². The molecule has 36 heavy (non-hydrogen) atoms. The number of aliphatic hydroxyl groups excluding tert-OH is 2. The van der Waals surface area contributed by atoms with Crippen molar-refractivity contribution < 1.29 is 29.7 Å². The Kier molecular flexibility index (Phi) is 5.76. The van der Waals surface area contributed by atoms with Crippen LogP contribution < -0.4 is 10.6 Å². The number of ketones is 2. The third-order valence-corrected chi connectivity index (χ3v) is 8.58. The summed E-state index contributed by atoms with van der Waals surface area (Å²) >= 11 is 0. The van der Waals surface area contributed by atoms with Crippen LogP contribution in [-0.2, 0) is 20.8 Å². The van der Waals surface area contributed by atoms with Crippen LogP contribution in [0.5, 0.6) is 0 Å². The minimum Gasteiger partial charge on any atom is -0.508 e. The van der Waals surface area contributed by atoms with E-state index in [0.717, 1.165) is 37.2 Å². The summed E-state index contributed by atoms with van der Waals surface area (Å²) in [6, 6.07) is 4.78. The Morgan fingerprint density at radius 3 is 2.44 bits per heavy atom. The third kappa shape index (κ3) is 3.33. The molecule has 5 rings (SSSR count). The van der Waals surface area contributed by atoms with Crippen LogP contribution in [0.3, 0.4) is 0 Å². The SMILES string of the molecule is CC1CCN(c2cccc3c2C(O)=C2C(=O)[C@]4(O)C(O)=C(C(N)=O)C(=O)[C@@H](N(C)C)C4CC2C3)CC1. The van der Waals surface area contributed by atoms with Gasteiger partial charge in [0.1, 0.15) is 17.1 Å². The second kappa shape index (κ2) is 8.45. The number of nitrogens with zero attached hydrogens (tertiary/aromatic N) is 2. The van der Waals surface area contributed by atoms with E-state index in [4.69, 9.17) is 5.73 Å². The number of carbonyl (C=O) groups excluding carboxylic acids is 3. The lowest BCUT2D eigenvalue weighted by Crippen LogP contribution is -2.65. The fraction of sp³-hybridized carbons (Fsp3) is 0.519. The van der Waals surface area contributed by atoms with Gasteiger partial charge in [0.25, 0.3) is 5.91 Å². The van der Waals surface area contributed by atoms with Gasteiger partial charge in [0.05, 0.1) is 6.04 Å². The number of piperidine rings is 1. The maximum atomic E-state index is 14.0. The maximum absolute atomic E-state index is 14.0. The van der Waals surface area contributed by atoms with Crippen molar-refractivity contribution in [2.45, 2.75) is 44.2 Å². The van der Waals surface area contributed by atoms with Crippen LogP contribution in [0.15, 0.2) is 35.1 Å². The Morgan fingerprint density at radius 2 is 1.83 bits per heavy atom. The van der Waals surface area contributed by atoms with Gasteiger partial charge in [0.15, 0.2) is 11.4 Å². The maximum Gasteiger partial charge on any atom is 0.255 e. The summed E-state index contributed by atoms with van der Waals surface area (Å²) in [7, 11) is 3.22. The van der Waals surface area contributed by atoms with Crippen LogP contribution >= 0.6 is 0 Å². The van der Waals surface area contributed by atoms with Gasteiger partial charge in [-0.15, -0.1) is 0 Å². The van der Waals surface area contributed by atoms with Gasteiger partial charge in [0, 0.05) is 35.8 Å². The molecule has 0 radical (unpaired) electrons. The highest BCUT2D eigenvalue weighted by Crippen LogP contribution is 2.52. The molecule has 3 aliphatic carbocycles. The molecule has 1 aromatic carbocycles. The normalized spacial score (nSPS) is 30.9. The van der Waals surface area contributed by atoms with Gasteiger partial charge in [-0.05, 0) is 63.2 Å². The van der Waals surface area contributed by atoms with Crippen LogP contribution in [0.2, 0.25) is 0 Å². The van der Waals surface area contributed by atoms with Gasteiger partial charge < -0.3 is 26.0 Å². The highest BCUT2D eigenvalue weighted by Gasteiger charge is 2.64. The number of hydrogen-bond donors (Lipinski definition) is 4. The summed E-state index contributed by atoms with van der Waals surface area (Å²) in [6.45, 7) is 3.89. The van der Waals surface area contributed by atoms with Gasteiger partial charge >= 0.3 is 0 Å². The van der Waals surface area contributed by atoms with Crippen molar-refractivity contribution in [3.8, 4) is 0 Å². The number of aliphatic hydroxyl groups is 3. The molecule has 1 aromatic rings. The van der Waals surface area contributed by atoms with E-state index in [1.807, 2.05) is 18.2 Å². The van der Waals surface area contributed by atoms with Crippen molar-refractivity contribution in [3.05, 3.63) is 46.2 Å². The fourth-order valence-corrected chi connectivity index (χ4v) is 6.69. The lowest BCUT2D eigenvalue weighted by atomic mass is 9.57. The molecule has 1 saturated carbocycles. The average molecular weight is 496 g/mol. The lowest BCUT2D eigenvalue weighted by Gasteiger charge is -2.50.